The van der Waals surface area contributed by atoms with Gasteiger partial charge in [-0.05, 0) is 0 Å². The fourth-order valence-corrected chi connectivity index (χ4v) is 1.83. The van der Waals surface area contributed by atoms with Crippen molar-refractivity contribution in [3.05, 3.63) is 6.54 Å². The van der Waals surface area contributed by atoms with E-state index in [1.54, 1.807) is 0 Å². The van der Waals surface area contributed by atoms with Gasteiger partial charge in [-0.2, -0.15) is 0 Å². The molecule has 0 atom stereocenters. The maximum Gasteiger partial charge on any atom is 1.00 e. The van der Waals surface area contributed by atoms with Crippen LogP contribution in [0.2, 0.25) is 0 Å². The maximum atomic E-state index is 3.25. The van der Waals surface area contributed by atoms with Gasteiger partial charge in [0.2, 0.25) is 0 Å². The van der Waals surface area contributed by atoms with E-state index < -0.39 is 0 Å². The van der Waals surface area contributed by atoms with Gasteiger partial charge in [-0.15, -0.1) is 5.41 Å². The summed E-state index contributed by atoms with van der Waals surface area (Å²) < 4.78 is 0. The Hall–Kier alpha value is 1.77. The summed E-state index contributed by atoms with van der Waals surface area (Å²) in [5.74, 6) is 0. The molecule has 1 heterocycles. The molecule has 1 rings (SSSR count). The summed E-state index contributed by atoms with van der Waals surface area (Å²) >= 11 is 0. The number of hydrogen-bond acceptors (Lipinski definition) is 1. The predicted molar refractivity (Wildman–Crippen MR) is 71.9 cm³/mol. The van der Waals surface area contributed by atoms with E-state index in [2.05, 4.69) is 39.6 Å². The predicted octanol–water partition coefficient (Wildman–Crippen LogP) is 1.78. The summed E-state index contributed by atoms with van der Waals surface area (Å²) in [6.45, 7) is 16.3. The molecule has 0 aromatic carbocycles. The van der Waals surface area contributed by atoms with Crippen molar-refractivity contribution in [1.82, 2.24) is 5.32 Å². The standard InChI is InChI=1S/C9H18N.C3H8.C2H6.Rb/c1-3-5-9(6-4-2)7-10-8-9;1-3-2;1-2;/h7,10H,3-6,8H2,1-2H3;3H2,1-2H3;1-2H3;/q-1;;;+1. The second-order valence-electron chi connectivity index (χ2n) is 4.09. The van der Waals surface area contributed by atoms with Crippen LogP contribution in [0.1, 0.15) is 73.6 Å². The number of hydrogen-bond donors (Lipinski definition) is 1. The summed E-state index contributed by atoms with van der Waals surface area (Å²) in [7, 11) is 0. The minimum atomic E-state index is 0. The quantitative estimate of drug-likeness (QED) is 0.781. The first-order valence-electron chi connectivity index (χ1n) is 6.82. The van der Waals surface area contributed by atoms with Crippen molar-refractivity contribution in [2.75, 3.05) is 6.54 Å². The van der Waals surface area contributed by atoms with Crippen LogP contribution in [0.4, 0.5) is 0 Å². The Bertz CT molecular complexity index is 103. The van der Waals surface area contributed by atoms with E-state index in [-0.39, 0.29) is 58.2 Å². The van der Waals surface area contributed by atoms with Gasteiger partial charge in [0.25, 0.3) is 0 Å². The Morgan fingerprint density at radius 1 is 1.00 bits per heavy atom. The topological polar surface area (TPSA) is 12.0 Å². The molecule has 94 valence electrons. The average Bonchev–Trinajstić information content (AvgIpc) is 2.19. The minimum absolute atomic E-state index is 0. The largest absolute Gasteiger partial charge is 1.00 e. The molecule has 1 aliphatic rings. The Kier molecular flexibility index (Phi) is 24.0. The van der Waals surface area contributed by atoms with Gasteiger partial charge in [-0.1, -0.05) is 80.2 Å². The van der Waals surface area contributed by atoms with Crippen molar-refractivity contribution in [3.63, 3.8) is 0 Å². The zero-order valence-corrected chi connectivity index (χ0v) is 17.7. The third-order valence-electron chi connectivity index (χ3n) is 2.36. The van der Waals surface area contributed by atoms with Gasteiger partial charge < -0.3 is 5.32 Å². The Morgan fingerprint density at radius 2 is 1.31 bits per heavy atom. The van der Waals surface area contributed by atoms with Gasteiger partial charge in [0.15, 0.2) is 0 Å². The smallest absolute Gasteiger partial charge is 0.471 e. The molecule has 0 saturated carbocycles. The molecular formula is C14H32NRb. The van der Waals surface area contributed by atoms with Crippen LogP contribution in [0.5, 0.6) is 0 Å². The van der Waals surface area contributed by atoms with E-state index in [0.717, 1.165) is 0 Å². The van der Waals surface area contributed by atoms with Crippen LogP contribution in [0, 0.1) is 12.0 Å². The van der Waals surface area contributed by atoms with Gasteiger partial charge in [-0.25, -0.2) is 0 Å². The van der Waals surface area contributed by atoms with Crippen LogP contribution < -0.4 is 63.5 Å². The number of rotatable bonds is 4. The van der Waals surface area contributed by atoms with Gasteiger partial charge in [-0.3, -0.25) is 6.54 Å². The van der Waals surface area contributed by atoms with Crippen molar-refractivity contribution in [2.24, 2.45) is 5.41 Å². The molecule has 0 bridgehead atoms. The normalized spacial score (nSPS) is 15.4. The summed E-state index contributed by atoms with van der Waals surface area (Å²) in [5.41, 5.74) is 0.587. The van der Waals surface area contributed by atoms with Crippen molar-refractivity contribution in [1.29, 1.82) is 0 Å². The molecule has 0 aromatic heterocycles. The first-order valence-corrected chi connectivity index (χ1v) is 6.82. The van der Waals surface area contributed by atoms with E-state index in [4.69, 9.17) is 0 Å². The second-order valence-corrected chi connectivity index (χ2v) is 4.09. The third kappa shape index (κ3) is 10.9. The molecule has 2 heteroatoms. The van der Waals surface area contributed by atoms with Gasteiger partial charge >= 0.3 is 58.2 Å². The van der Waals surface area contributed by atoms with Gasteiger partial charge in [0, 0.05) is 0 Å². The van der Waals surface area contributed by atoms with Crippen LogP contribution in [0.15, 0.2) is 0 Å². The third-order valence-corrected chi connectivity index (χ3v) is 2.36. The first-order chi connectivity index (χ1) is 7.24. The van der Waals surface area contributed by atoms with Crippen molar-refractivity contribution >= 4 is 0 Å². The van der Waals surface area contributed by atoms with Gasteiger partial charge in [0.05, 0.1) is 0 Å². The molecule has 1 aliphatic heterocycles. The zero-order chi connectivity index (χ0) is 12.2. The molecular weight excluding hydrogens is 268 g/mol. The molecule has 0 spiro atoms. The summed E-state index contributed by atoms with van der Waals surface area (Å²) in [4.78, 5) is 0. The Morgan fingerprint density at radius 3 is 1.44 bits per heavy atom. The molecule has 0 unspecified atom stereocenters. The molecule has 0 aliphatic carbocycles. The summed E-state index contributed by atoms with van der Waals surface area (Å²) in [6.07, 6.45) is 6.62. The van der Waals surface area contributed by atoms with E-state index in [1.807, 2.05) is 13.8 Å². The fourth-order valence-electron chi connectivity index (χ4n) is 1.83. The SMILES string of the molecule is CC.CCC.CCCC1(CCC)[CH-]NC1.[Rb+]. The van der Waals surface area contributed by atoms with Crippen LogP contribution in [0.25, 0.3) is 0 Å². The molecule has 1 nitrogen and oxygen atoms in total. The summed E-state index contributed by atoms with van der Waals surface area (Å²) in [5, 5.41) is 3.25. The fraction of sp³-hybridized carbons (Fsp3) is 0.929. The molecule has 16 heavy (non-hydrogen) atoms. The molecule has 0 amide bonds. The molecule has 1 N–H and O–H groups in total. The van der Waals surface area contributed by atoms with Crippen molar-refractivity contribution in [3.8, 4) is 0 Å². The first kappa shape index (κ1) is 22.9. The molecule has 0 aromatic rings. The molecule has 0 radical (unpaired) electrons. The minimum Gasteiger partial charge on any atom is -0.471 e. The van der Waals surface area contributed by atoms with Crippen molar-refractivity contribution in [2.45, 2.75) is 73.6 Å². The monoisotopic (exact) mass is 299 g/mol. The zero-order valence-electron chi connectivity index (χ0n) is 12.8. The van der Waals surface area contributed by atoms with E-state index in [9.17, 15) is 0 Å². The molecule has 1 fully saturated rings. The van der Waals surface area contributed by atoms with Crippen molar-refractivity contribution < 1.29 is 58.2 Å². The average molecular weight is 300 g/mol. The van der Waals surface area contributed by atoms with Crippen LogP contribution in [0.3, 0.4) is 0 Å². The van der Waals surface area contributed by atoms with E-state index in [1.165, 1.54) is 38.6 Å². The second kappa shape index (κ2) is 16.8. The van der Waals surface area contributed by atoms with Crippen LogP contribution in [-0.4, -0.2) is 6.54 Å². The van der Waals surface area contributed by atoms with Gasteiger partial charge in [0.1, 0.15) is 0 Å². The molecule has 1 saturated heterocycles. The van der Waals surface area contributed by atoms with E-state index >= 15 is 0 Å². The summed E-state index contributed by atoms with van der Waals surface area (Å²) in [6, 6.07) is 0. The Labute approximate surface area is 153 Å². The maximum absolute atomic E-state index is 3.25. The Balaban J connectivity index is -0.000000246. The van der Waals surface area contributed by atoms with E-state index in [0.29, 0.717) is 5.41 Å². The van der Waals surface area contributed by atoms with Crippen LogP contribution >= 0.6 is 0 Å². The van der Waals surface area contributed by atoms with Crippen LogP contribution in [-0.2, 0) is 0 Å². The number of nitrogens with one attached hydrogen (secondary N) is 1.